The minimum Gasteiger partial charge on any atom is -0.398 e. The van der Waals surface area contributed by atoms with E-state index in [1.807, 2.05) is 31.3 Å². The van der Waals surface area contributed by atoms with Crippen molar-refractivity contribution in [1.82, 2.24) is 9.55 Å². The fraction of sp³-hybridized carbons (Fsp3) is 0.133. The van der Waals surface area contributed by atoms with Crippen LogP contribution in [-0.4, -0.2) is 9.55 Å². The van der Waals surface area contributed by atoms with Crippen LogP contribution in [0.1, 0.15) is 5.56 Å². The number of aryl methyl sites for hydroxylation is 2. The van der Waals surface area contributed by atoms with Crippen molar-refractivity contribution in [3.63, 3.8) is 0 Å². The van der Waals surface area contributed by atoms with Crippen LogP contribution in [-0.2, 0) is 7.05 Å². The molecular formula is C15H14IN3. The van der Waals surface area contributed by atoms with E-state index in [2.05, 4.69) is 46.2 Å². The average Bonchev–Trinajstić information content (AvgIpc) is 2.71. The Kier molecular flexibility index (Phi) is 2.97. The summed E-state index contributed by atoms with van der Waals surface area (Å²) in [5, 5.41) is 0. The molecule has 1 heterocycles. The SMILES string of the molecule is Cc1cccc2nc(-c3cc(I)ccc3N)n(C)c12. The van der Waals surface area contributed by atoms with Gasteiger partial charge in [-0.05, 0) is 59.3 Å². The van der Waals surface area contributed by atoms with E-state index < -0.39 is 0 Å². The quantitative estimate of drug-likeness (QED) is 0.529. The van der Waals surface area contributed by atoms with Gasteiger partial charge >= 0.3 is 0 Å². The Morgan fingerprint density at radius 3 is 2.74 bits per heavy atom. The first-order valence-electron chi connectivity index (χ1n) is 6.05. The fourth-order valence-electron chi connectivity index (χ4n) is 2.43. The van der Waals surface area contributed by atoms with Crippen molar-refractivity contribution in [2.45, 2.75) is 6.92 Å². The monoisotopic (exact) mass is 363 g/mol. The maximum absolute atomic E-state index is 6.09. The van der Waals surface area contributed by atoms with Crippen LogP contribution < -0.4 is 5.73 Å². The number of para-hydroxylation sites is 1. The molecule has 0 bridgehead atoms. The molecule has 0 aliphatic carbocycles. The number of hydrogen-bond donors (Lipinski definition) is 1. The maximum atomic E-state index is 6.09. The van der Waals surface area contributed by atoms with Gasteiger partial charge in [-0.1, -0.05) is 12.1 Å². The number of nitrogens with two attached hydrogens (primary N) is 1. The lowest BCUT2D eigenvalue weighted by Gasteiger charge is -2.07. The van der Waals surface area contributed by atoms with Gasteiger partial charge in [0.2, 0.25) is 0 Å². The first-order valence-corrected chi connectivity index (χ1v) is 7.13. The normalized spacial score (nSPS) is 11.1. The lowest BCUT2D eigenvalue weighted by molar-refractivity contribution is 0.955. The van der Waals surface area contributed by atoms with Crippen molar-refractivity contribution in [2.24, 2.45) is 7.05 Å². The second-order valence-electron chi connectivity index (χ2n) is 4.67. The van der Waals surface area contributed by atoms with Gasteiger partial charge in [-0.15, -0.1) is 0 Å². The summed E-state index contributed by atoms with van der Waals surface area (Å²) in [5.74, 6) is 0.917. The number of aromatic nitrogens is 2. The lowest BCUT2D eigenvalue weighted by atomic mass is 10.1. The Morgan fingerprint density at radius 2 is 2.00 bits per heavy atom. The Balaban J connectivity index is 2.34. The van der Waals surface area contributed by atoms with Gasteiger partial charge in [0, 0.05) is 21.9 Å². The third kappa shape index (κ3) is 2.00. The summed E-state index contributed by atoms with van der Waals surface area (Å²) < 4.78 is 3.28. The van der Waals surface area contributed by atoms with Crippen LogP contribution in [0.15, 0.2) is 36.4 Å². The van der Waals surface area contributed by atoms with E-state index >= 15 is 0 Å². The van der Waals surface area contributed by atoms with Crippen molar-refractivity contribution in [2.75, 3.05) is 5.73 Å². The molecule has 2 aromatic carbocycles. The molecule has 0 unspecified atom stereocenters. The summed E-state index contributed by atoms with van der Waals surface area (Å²) in [5.41, 5.74) is 11.2. The standard InChI is InChI=1S/C15H14IN3/c1-9-4-3-5-13-14(9)19(2)15(18-13)11-8-10(16)6-7-12(11)17/h3-8H,17H2,1-2H3. The molecule has 0 atom stereocenters. The van der Waals surface area contributed by atoms with Crippen LogP contribution in [0.3, 0.4) is 0 Å². The third-order valence-corrected chi connectivity index (χ3v) is 4.02. The number of benzene rings is 2. The largest absolute Gasteiger partial charge is 0.398 e. The predicted octanol–water partition coefficient (Wildman–Crippen LogP) is 3.74. The van der Waals surface area contributed by atoms with E-state index in [0.29, 0.717) is 0 Å². The van der Waals surface area contributed by atoms with E-state index in [1.165, 1.54) is 5.56 Å². The zero-order chi connectivity index (χ0) is 13.6. The van der Waals surface area contributed by atoms with Crippen LogP contribution in [0.4, 0.5) is 5.69 Å². The van der Waals surface area contributed by atoms with Crippen LogP contribution in [0.25, 0.3) is 22.4 Å². The molecule has 19 heavy (non-hydrogen) atoms. The molecule has 96 valence electrons. The van der Waals surface area contributed by atoms with Crippen molar-refractivity contribution < 1.29 is 0 Å². The van der Waals surface area contributed by atoms with Gasteiger partial charge in [0.05, 0.1) is 11.0 Å². The Labute approximate surface area is 125 Å². The molecule has 0 saturated heterocycles. The molecule has 1 aromatic heterocycles. The molecule has 4 heteroatoms. The molecule has 2 N–H and O–H groups in total. The highest BCUT2D eigenvalue weighted by Gasteiger charge is 2.13. The molecule has 0 aliphatic heterocycles. The molecule has 0 radical (unpaired) electrons. The highest BCUT2D eigenvalue weighted by Crippen LogP contribution is 2.30. The smallest absolute Gasteiger partial charge is 0.142 e. The minimum absolute atomic E-state index is 0.761. The molecule has 0 fully saturated rings. The Hall–Kier alpha value is -1.56. The number of anilines is 1. The van der Waals surface area contributed by atoms with Gasteiger partial charge in [0.15, 0.2) is 0 Å². The van der Waals surface area contributed by atoms with Gasteiger partial charge < -0.3 is 10.3 Å². The lowest BCUT2D eigenvalue weighted by Crippen LogP contribution is -1.98. The minimum atomic E-state index is 0.761. The van der Waals surface area contributed by atoms with Gasteiger partial charge in [-0.25, -0.2) is 4.98 Å². The predicted molar refractivity (Wildman–Crippen MR) is 88.0 cm³/mol. The second-order valence-corrected chi connectivity index (χ2v) is 5.91. The summed E-state index contributed by atoms with van der Waals surface area (Å²) in [6.45, 7) is 2.10. The number of nitrogens with zero attached hydrogens (tertiary/aromatic N) is 2. The van der Waals surface area contributed by atoms with E-state index in [4.69, 9.17) is 10.7 Å². The summed E-state index contributed by atoms with van der Waals surface area (Å²) in [6.07, 6.45) is 0. The zero-order valence-electron chi connectivity index (χ0n) is 10.8. The number of imidazole rings is 1. The number of hydrogen-bond acceptors (Lipinski definition) is 2. The topological polar surface area (TPSA) is 43.8 Å². The van der Waals surface area contributed by atoms with Gasteiger partial charge in [-0.2, -0.15) is 0 Å². The van der Waals surface area contributed by atoms with Gasteiger partial charge in [0.25, 0.3) is 0 Å². The Bertz CT molecular complexity index is 774. The highest BCUT2D eigenvalue weighted by atomic mass is 127. The third-order valence-electron chi connectivity index (χ3n) is 3.35. The Morgan fingerprint density at radius 1 is 1.21 bits per heavy atom. The van der Waals surface area contributed by atoms with Gasteiger partial charge in [0.1, 0.15) is 5.82 Å². The molecule has 3 aromatic rings. The molecule has 0 amide bonds. The number of fused-ring (bicyclic) bond motifs is 1. The summed E-state index contributed by atoms with van der Waals surface area (Å²) >= 11 is 2.29. The zero-order valence-corrected chi connectivity index (χ0v) is 13.0. The maximum Gasteiger partial charge on any atom is 0.142 e. The van der Waals surface area contributed by atoms with E-state index in [-0.39, 0.29) is 0 Å². The van der Waals surface area contributed by atoms with Crippen LogP contribution >= 0.6 is 22.6 Å². The highest BCUT2D eigenvalue weighted by molar-refractivity contribution is 14.1. The molecule has 0 aliphatic rings. The van der Waals surface area contributed by atoms with E-state index in [1.54, 1.807) is 0 Å². The first-order chi connectivity index (χ1) is 9.08. The molecule has 0 saturated carbocycles. The van der Waals surface area contributed by atoms with Crippen molar-refractivity contribution in [3.05, 3.63) is 45.5 Å². The molecule has 3 rings (SSSR count). The molecule has 0 spiro atoms. The summed E-state index contributed by atoms with van der Waals surface area (Å²) in [4.78, 5) is 4.72. The number of halogens is 1. The van der Waals surface area contributed by atoms with Crippen LogP contribution in [0.5, 0.6) is 0 Å². The van der Waals surface area contributed by atoms with Crippen LogP contribution in [0, 0.1) is 10.5 Å². The number of rotatable bonds is 1. The van der Waals surface area contributed by atoms with Crippen molar-refractivity contribution in [3.8, 4) is 11.4 Å². The fourth-order valence-corrected chi connectivity index (χ4v) is 2.92. The van der Waals surface area contributed by atoms with Gasteiger partial charge in [-0.3, -0.25) is 0 Å². The first kappa shape index (κ1) is 12.5. The summed E-state index contributed by atoms with van der Waals surface area (Å²) in [6, 6.07) is 12.2. The number of nitrogen functional groups attached to an aromatic ring is 1. The van der Waals surface area contributed by atoms with E-state index in [0.717, 1.165) is 31.7 Å². The summed E-state index contributed by atoms with van der Waals surface area (Å²) in [7, 11) is 2.04. The van der Waals surface area contributed by atoms with Crippen molar-refractivity contribution in [1.29, 1.82) is 0 Å². The molecular weight excluding hydrogens is 349 g/mol. The van der Waals surface area contributed by atoms with E-state index in [9.17, 15) is 0 Å². The second kappa shape index (κ2) is 4.52. The molecule has 3 nitrogen and oxygen atoms in total. The van der Waals surface area contributed by atoms with Crippen molar-refractivity contribution >= 4 is 39.3 Å². The van der Waals surface area contributed by atoms with Crippen LogP contribution in [0.2, 0.25) is 0 Å². The average molecular weight is 363 g/mol.